The minimum Gasteiger partial charge on any atom is -0.399 e. The largest absolute Gasteiger partial charge is 0.399 e. The molecule has 0 unspecified atom stereocenters. The number of benzene rings is 2. The minimum absolute atomic E-state index is 0.0864. The highest BCUT2D eigenvalue weighted by Crippen LogP contribution is 2.26. The Morgan fingerprint density at radius 1 is 1.19 bits per heavy atom. The van der Waals surface area contributed by atoms with Crippen molar-refractivity contribution < 1.29 is 12.8 Å². The number of hydrogen-bond donors (Lipinski definition) is 2. The fraction of sp³-hybridized carbons (Fsp3) is 0.143. The van der Waals surface area contributed by atoms with E-state index in [2.05, 4.69) is 20.7 Å². The molecule has 0 aromatic heterocycles. The maximum absolute atomic E-state index is 13.5. The molecule has 0 heterocycles. The van der Waals surface area contributed by atoms with Gasteiger partial charge in [-0.15, -0.1) is 0 Å². The molecule has 21 heavy (non-hydrogen) atoms. The molecular formula is C14H14BrFN2O2S. The number of aryl methyl sites for hydroxylation is 1. The van der Waals surface area contributed by atoms with Gasteiger partial charge in [-0.25, -0.2) is 12.8 Å². The normalized spacial score (nSPS) is 11.4. The van der Waals surface area contributed by atoms with Crippen LogP contribution in [0.1, 0.15) is 11.1 Å². The van der Waals surface area contributed by atoms with Gasteiger partial charge in [0.1, 0.15) is 5.82 Å². The van der Waals surface area contributed by atoms with Crippen LogP contribution in [0, 0.1) is 19.7 Å². The molecule has 0 atom stereocenters. The highest BCUT2D eigenvalue weighted by molar-refractivity contribution is 9.10. The molecule has 7 heteroatoms. The standard InChI is InChI=1S/C14H14BrFN2O2S/c1-8-5-10(17)6-14(9(8)2)21(19,20)18-11-3-4-12(15)13(16)7-11/h3-7,18H,17H2,1-2H3. The molecule has 0 aliphatic heterocycles. The van der Waals surface area contributed by atoms with Crippen LogP contribution >= 0.6 is 15.9 Å². The Kier molecular flexibility index (Phi) is 4.25. The van der Waals surface area contributed by atoms with Crippen molar-refractivity contribution in [1.29, 1.82) is 0 Å². The van der Waals surface area contributed by atoms with Crippen LogP contribution in [0.25, 0.3) is 0 Å². The summed E-state index contributed by atoms with van der Waals surface area (Å²) >= 11 is 3.02. The quantitative estimate of drug-likeness (QED) is 0.808. The molecular weight excluding hydrogens is 359 g/mol. The van der Waals surface area contributed by atoms with Gasteiger partial charge in [0.15, 0.2) is 0 Å². The van der Waals surface area contributed by atoms with E-state index in [4.69, 9.17) is 5.73 Å². The monoisotopic (exact) mass is 372 g/mol. The summed E-state index contributed by atoms with van der Waals surface area (Å²) in [5, 5.41) is 0. The zero-order valence-electron chi connectivity index (χ0n) is 11.4. The van der Waals surface area contributed by atoms with Crippen LogP contribution in [0.5, 0.6) is 0 Å². The van der Waals surface area contributed by atoms with E-state index >= 15 is 0 Å². The van der Waals surface area contributed by atoms with Crippen LogP contribution in [-0.2, 0) is 10.0 Å². The number of hydrogen-bond acceptors (Lipinski definition) is 3. The second-order valence-corrected chi connectivity index (χ2v) is 7.20. The Morgan fingerprint density at radius 2 is 1.86 bits per heavy atom. The second kappa shape index (κ2) is 5.65. The fourth-order valence-electron chi connectivity index (χ4n) is 1.90. The predicted molar refractivity (Wildman–Crippen MR) is 85.2 cm³/mol. The molecule has 4 nitrogen and oxygen atoms in total. The van der Waals surface area contributed by atoms with Crippen molar-refractivity contribution in [3.63, 3.8) is 0 Å². The van der Waals surface area contributed by atoms with Gasteiger partial charge in [0.25, 0.3) is 10.0 Å². The Labute approximate surface area is 131 Å². The molecule has 3 N–H and O–H groups in total. The maximum atomic E-state index is 13.5. The van der Waals surface area contributed by atoms with Gasteiger partial charge in [0, 0.05) is 5.69 Å². The molecule has 0 aliphatic rings. The number of anilines is 2. The summed E-state index contributed by atoms with van der Waals surface area (Å²) < 4.78 is 40.9. The molecule has 0 spiro atoms. The number of rotatable bonds is 3. The van der Waals surface area contributed by atoms with Crippen LogP contribution in [0.3, 0.4) is 0 Å². The van der Waals surface area contributed by atoms with E-state index in [1.54, 1.807) is 19.9 Å². The van der Waals surface area contributed by atoms with E-state index < -0.39 is 15.8 Å². The Balaban J connectivity index is 2.45. The van der Waals surface area contributed by atoms with Crippen LogP contribution in [0.2, 0.25) is 0 Å². The molecule has 0 saturated heterocycles. The summed E-state index contributed by atoms with van der Waals surface area (Å²) in [6, 6.07) is 7.10. The summed E-state index contributed by atoms with van der Waals surface area (Å²) in [5.41, 5.74) is 7.59. The molecule has 0 bridgehead atoms. The third-order valence-corrected chi connectivity index (χ3v) is 5.25. The first-order chi connectivity index (χ1) is 9.70. The average molecular weight is 373 g/mol. The Hall–Kier alpha value is -1.60. The van der Waals surface area contributed by atoms with Crippen molar-refractivity contribution in [2.45, 2.75) is 18.7 Å². The van der Waals surface area contributed by atoms with Gasteiger partial charge < -0.3 is 5.73 Å². The number of nitrogens with two attached hydrogens (primary N) is 1. The Bertz CT molecular complexity index is 807. The first-order valence-electron chi connectivity index (χ1n) is 6.05. The van der Waals surface area contributed by atoms with Crippen LogP contribution in [0.15, 0.2) is 39.7 Å². The van der Waals surface area contributed by atoms with E-state index in [0.717, 1.165) is 11.6 Å². The van der Waals surface area contributed by atoms with Crippen molar-refractivity contribution in [2.24, 2.45) is 0 Å². The third-order valence-electron chi connectivity index (χ3n) is 3.10. The highest BCUT2D eigenvalue weighted by Gasteiger charge is 2.19. The van der Waals surface area contributed by atoms with Gasteiger partial charge in [0.05, 0.1) is 15.1 Å². The molecule has 0 aliphatic carbocycles. The van der Waals surface area contributed by atoms with Gasteiger partial charge in [-0.2, -0.15) is 0 Å². The molecule has 112 valence electrons. The predicted octanol–water partition coefficient (Wildman–Crippen LogP) is 3.59. The van der Waals surface area contributed by atoms with E-state index in [9.17, 15) is 12.8 Å². The lowest BCUT2D eigenvalue weighted by molar-refractivity contribution is 0.600. The van der Waals surface area contributed by atoms with Crippen LogP contribution < -0.4 is 10.5 Å². The molecule has 0 fully saturated rings. The van der Waals surface area contributed by atoms with E-state index in [0.29, 0.717) is 11.3 Å². The molecule has 0 saturated carbocycles. The van der Waals surface area contributed by atoms with E-state index in [1.165, 1.54) is 18.2 Å². The lowest BCUT2D eigenvalue weighted by Gasteiger charge is -2.13. The average Bonchev–Trinajstić information content (AvgIpc) is 2.37. The number of halogens is 2. The van der Waals surface area contributed by atoms with Crippen molar-refractivity contribution in [2.75, 3.05) is 10.5 Å². The molecule has 0 radical (unpaired) electrons. The summed E-state index contributed by atoms with van der Waals surface area (Å²) in [6.45, 7) is 3.48. The van der Waals surface area contributed by atoms with Crippen molar-refractivity contribution in [3.05, 3.63) is 51.7 Å². The summed E-state index contributed by atoms with van der Waals surface area (Å²) in [6.07, 6.45) is 0. The molecule has 2 rings (SSSR count). The van der Waals surface area contributed by atoms with Crippen LogP contribution in [-0.4, -0.2) is 8.42 Å². The Morgan fingerprint density at radius 3 is 2.48 bits per heavy atom. The zero-order valence-corrected chi connectivity index (χ0v) is 13.8. The smallest absolute Gasteiger partial charge is 0.262 e. The van der Waals surface area contributed by atoms with Crippen molar-refractivity contribution in [1.82, 2.24) is 0 Å². The minimum atomic E-state index is -3.83. The fourth-order valence-corrected chi connectivity index (χ4v) is 3.55. The zero-order chi connectivity index (χ0) is 15.8. The highest BCUT2D eigenvalue weighted by atomic mass is 79.9. The lowest BCUT2D eigenvalue weighted by atomic mass is 10.1. The number of nitrogens with one attached hydrogen (secondary N) is 1. The lowest BCUT2D eigenvalue weighted by Crippen LogP contribution is -2.15. The maximum Gasteiger partial charge on any atom is 0.262 e. The van der Waals surface area contributed by atoms with Gasteiger partial charge >= 0.3 is 0 Å². The summed E-state index contributed by atoms with van der Waals surface area (Å²) in [4.78, 5) is 0.0864. The molecule has 0 amide bonds. The van der Waals surface area contributed by atoms with Gasteiger partial charge in [-0.3, -0.25) is 4.72 Å². The van der Waals surface area contributed by atoms with Crippen LogP contribution in [0.4, 0.5) is 15.8 Å². The van der Waals surface area contributed by atoms with E-state index in [-0.39, 0.29) is 15.1 Å². The second-order valence-electron chi connectivity index (χ2n) is 4.70. The molecule has 2 aromatic rings. The molecule has 2 aromatic carbocycles. The first-order valence-corrected chi connectivity index (χ1v) is 8.33. The number of nitrogen functional groups attached to an aromatic ring is 1. The summed E-state index contributed by atoms with van der Waals surface area (Å²) in [7, 11) is -3.83. The first kappa shape index (κ1) is 15.8. The van der Waals surface area contributed by atoms with Crippen molar-refractivity contribution in [3.8, 4) is 0 Å². The van der Waals surface area contributed by atoms with Crippen molar-refractivity contribution >= 4 is 37.3 Å². The van der Waals surface area contributed by atoms with Gasteiger partial charge in [-0.1, -0.05) is 0 Å². The SMILES string of the molecule is Cc1cc(N)cc(S(=O)(=O)Nc2ccc(Br)c(F)c2)c1C. The third kappa shape index (κ3) is 3.36. The topological polar surface area (TPSA) is 72.2 Å². The van der Waals surface area contributed by atoms with E-state index in [1.807, 2.05) is 0 Å². The summed E-state index contributed by atoms with van der Waals surface area (Å²) in [5.74, 6) is -0.546. The van der Waals surface area contributed by atoms with Gasteiger partial charge in [-0.05, 0) is 71.2 Å². The number of sulfonamides is 1. The van der Waals surface area contributed by atoms with Gasteiger partial charge in [0.2, 0.25) is 0 Å².